The van der Waals surface area contributed by atoms with Gasteiger partial charge in [-0.1, -0.05) is 12.1 Å². The number of aromatic nitrogens is 3. The summed E-state index contributed by atoms with van der Waals surface area (Å²) >= 11 is 0. The van der Waals surface area contributed by atoms with E-state index in [1.54, 1.807) is 11.0 Å². The monoisotopic (exact) mass is 338 g/mol. The molecule has 0 saturated carbocycles. The summed E-state index contributed by atoms with van der Waals surface area (Å²) in [4.78, 5) is 18.4. The van der Waals surface area contributed by atoms with Gasteiger partial charge in [0.2, 0.25) is 0 Å². The number of rotatable bonds is 2. The second-order valence-electron chi connectivity index (χ2n) is 5.81. The quantitative estimate of drug-likeness (QED) is 0.721. The minimum Gasteiger partial charge on any atom is -0.489 e. The first-order valence-corrected chi connectivity index (χ1v) is 7.85. The van der Waals surface area contributed by atoms with Crippen LogP contribution in [-0.2, 0) is 0 Å². The molecule has 7 heteroatoms. The number of hydrogen-bond acceptors (Lipinski definition) is 4. The fraction of sp³-hybridized carbons (Fsp3) is 0.167. The number of ether oxygens (including phenoxy) is 1. The van der Waals surface area contributed by atoms with Crippen molar-refractivity contribution in [2.24, 2.45) is 0 Å². The zero-order valence-corrected chi connectivity index (χ0v) is 13.5. The molecule has 4 rings (SSSR count). The van der Waals surface area contributed by atoms with Crippen LogP contribution in [-0.4, -0.2) is 33.3 Å². The lowest BCUT2D eigenvalue weighted by Crippen LogP contribution is -2.45. The topological polar surface area (TPSA) is 60.2 Å². The second kappa shape index (κ2) is 6.01. The van der Waals surface area contributed by atoms with Crippen LogP contribution >= 0.6 is 0 Å². The van der Waals surface area contributed by atoms with Gasteiger partial charge in [-0.25, -0.2) is 14.1 Å². The lowest BCUT2D eigenvalue weighted by molar-refractivity contribution is 0.0960. The van der Waals surface area contributed by atoms with Gasteiger partial charge < -0.3 is 4.74 Å². The van der Waals surface area contributed by atoms with Crippen molar-refractivity contribution < 1.29 is 13.9 Å². The predicted molar refractivity (Wildman–Crippen MR) is 89.5 cm³/mol. The van der Waals surface area contributed by atoms with Crippen LogP contribution in [0, 0.1) is 5.82 Å². The van der Waals surface area contributed by atoms with Crippen molar-refractivity contribution in [2.45, 2.75) is 13.0 Å². The molecule has 2 aromatic carbocycles. The summed E-state index contributed by atoms with van der Waals surface area (Å²) < 4.78 is 21.4. The zero-order chi connectivity index (χ0) is 17.4. The highest BCUT2D eigenvalue weighted by molar-refractivity contribution is 6.07. The molecule has 6 nitrogen and oxygen atoms in total. The van der Waals surface area contributed by atoms with Crippen molar-refractivity contribution in [1.82, 2.24) is 14.8 Å². The number of carbonyl (C=O) groups excluding carboxylic acids is 1. The fourth-order valence-electron chi connectivity index (χ4n) is 2.91. The normalized spacial score (nSPS) is 16.2. The maximum absolute atomic E-state index is 14.4. The molecule has 1 aliphatic rings. The van der Waals surface area contributed by atoms with E-state index in [4.69, 9.17) is 4.74 Å². The molecule has 25 heavy (non-hydrogen) atoms. The first kappa shape index (κ1) is 15.3. The van der Waals surface area contributed by atoms with Gasteiger partial charge in [0.15, 0.2) is 0 Å². The van der Waals surface area contributed by atoms with Gasteiger partial charge in [0.25, 0.3) is 5.91 Å². The van der Waals surface area contributed by atoms with Crippen molar-refractivity contribution in [2.75, 3.05) is 11.5 Å². The van der Waals surface area contributed by atoms with E-state index < -0.39 is 5.82 Å². The Kier molecular flexibility index (Phi) is 3.68. The number of fused-ring (bicyclic) bond motifs is 1. The van der Waals surface area contributed by atoms with E-state index in [1.807, 2.05) is 31.2 Å². The molecule has 0 aliphatic carbocycles. The highest BCUT2D eigenvalue weighted by Crippen LogP contribution is 2.34. The largest absolute Gasteiger partial charge is 0.489 e. The van der Waals surface area contributed by atoms with Crippen LogP contribution in [0.15, 0.2) is 55.1 Å². The van der Waals surface area contributed by atoms with Gasteiger partial charge >= 0.3 is 0 Å². The molecule has 3 aromatic rings. The van der Waals surface area contributed by atoms with Crippen LogP contribution in [0.25, 0.3) is 5.69 Å². The molecule has 0 N–H and O–H groups in total. The molecule has 0 fully saturated rings. The molecule has 0 saturated heterocycles. The zero-order valence-electron chi connectivity index (χ0n) is 13.5. The van der Waals surface area contributed by atoms with Crippen molar-refractivity contribution in [3.05, 3.63) is 66.5 Å². The number of amides is 1. The van der Waals surface area contributed by atoms with Crippen molar-refractivity contribution in [1.29, 1.82) is 0 Å². The Morgan fingerprint density at radius 2 is 2.08 bits per heavy atom. The summed E-state index contributed by atoms with van der Waals surface area (Å²) in [5.41, 5.74) is 1.20. The summed E-state index contributed by atoms with van der Waals surface area (Å²) in [5.74, 6) is -0.161. The molecule has 1 aromatic heterocycles. The van der Waals surface area contributed by atoms with E-state index in [0.717, 1.165) is 0 Å². The average molecular weight is 338 g/mol. The average Bonchev–Trinajstić information content (AvgIpc) is 3.15. The Labute approximate surface area is 143 Å². The van der Waals surface area contributed by atoms with Gasteiger partial charge in [-0.2, -0.15) is 5.10 Å². The molecule has 1 atom stereocenters. The van der Waals surface area contributed by atoms with E-state index in [0.29, 0.717) is 18.0 Å². The molecular formula is C18H15FN4O2. The second-order valence-corrected chi connectivity index (χ2v) is 5.81. The minimum atomic E-state index is -0.537. The highest BCUT2D eigenvalue weighted by Gasteiger charge is 2.30. The highest BCUT2D eigenvalue weighted by atomic mass is 19.1. The van der Waals surface area contributed by atoms with Gasteiger partial charge in [0.1, 0.15) is 36.5 Å². The number of halogens is 1. The van der Waals surface area contributed by atoms with Gasteiger partial charge in [0, 0.05) is 5.56 Å². The van der Waals surface area contributed by atoms with E-state index in [2.05, 4.69) is 10.1 Å². The van der Waals surface area contributed by atoms with E-state index >= 15 is 0 Å². The molecular weight excluding hydrogens is 323 g/mol. The number of benzene rings is 2. The number of hydrogen-bond donors (Lipinski definition) is 0. The number of para-hydroxylation sites is 2. The summed E-state index contributed by atoms with van der Waals surface area (Å²) in [6, 6.07) is 11.5. The third-order valence-corrected chi connectivity index (χ3v) is 4.12. The molecule has 2 heterocycles. The Hall–Kier alpha value is -3.22. The molecule has 1 aliphatic heterocycles. The maximum Gasteiger partial charge on any atom is 0.258 e. The summed E-state index contributed by atoms with van der Waals surface area (Å²) in [6.07, 6.45) is 2.73. The molecule has 1 amide bonds. The summed E-state index contributed by atoms with van der Waals surface area (Å²) in [7, 11) is 0. The number of nitrogens with zero attached hydrogens (tertiary/aromatic N) is 4. The first-order valence-electron chi connectivity index (χ1n) is 7.85. The third-order valence-electron chi connectivity index (χ3n) is 4.12. The van der Waals surface area contributed by atoms with Crippen molar-refractivity contribution >= 4 is 11.6 Å². The van der Waals surface area contributed by atoms with Gasteiger partial charge in [-0.15, -0.1) is 0 Å². The SMILES string of the molecule is C[C@H]1COc2ccccc2N1C(=O)c1ccc(-n2cncn2)c(F)c1. The summed E-state index contributed by atoms with van der Waals surface area (Å²) in [5, 5.41) is 3.91. The van der Waals surface area contributed by atoms with Gasteiger partial charge in [0.05, 0.1) is 11.7 Å². The first-order chi connectivity index (χ1) is 12.1. The van der Waals surface area contributed by atoms with Crippen molar-refractivity contribution in [3.8, 4) is 11.4 Å². The van der Waals surface area contributed by atoms with E-state index in [-0.39, 0.29) is 23.2 Å². The fourth-order valence-corrected chi connectivity index (χ4v) is 2.91. The van der Waals surface area contributed by atoms with Crippen LogP contribution in [0.2, 0.25) is 0 Å². The minimum absolute atomic E-state index is 0.152. The van der Waals surface area contributed by atoms with Crippen molar-refractivity contribution in [3.63, 3.8) is 0 Å². The Bertz CT molecular complexity index is 927. The predicted octanol–water partition coefficient (Wildman–Crippen LogP) is 2.83. The molecule has 0 unspecified atom stereocenters. The number of anilines is 1. The standard InChI is InChI=1S/C18H15FN4O2/c1-12-9-25-17-5-3-2-4-16(17)23(12)18(24)13-6-7-15(14(19)8-13)22-11-20-10-21-22/h2-8,10-12H,9H2,1H3/t12-/m0/s1. The van der Waals surface area contributed by atoms with Crippen LogP contribution < -0.4 is 9.64 Å². The smallest absolute Gasteiger partial charge is 0.258 e. The third kappa shape index (κ3) is 2.63. The van der Waals surface area contributed by atoms with Crippen LogP contribution in [0.3, 0.4) is 0 Å². The molecule has 0 spiro atoms. The Balaban J connectivity index is 1.71. The van der Waals surface area contributed by atoms with E-state index in [1.165, 1.54) is 29.5 Å². The molecule has 0 bridgehead atoms. The van der Waals surface area contributed by atoms with E-state index in [9.17, 15) is 9.18 Å². The molecule has 0 radical (unpaired) electrons. The Morgan fingerprint density at radius 3 is 2.84 bits per heavy atom. The molecule has 126 valence electrons. The van der Waals surface area contributed by atoms with Gasteiger partial charge in [-0.05, 0) is 37.3 Å². The lowest BCUT2D eigenvalue weighted by atomic mass is 10.1. The van der Waals surface area contributed by atoms with Crippen LogP contribution in [0.4, 0.5) is 10.1 Å². The Morgan fingerprint density at radius 1 is 1.24 bits per heavy atom. The van der Waals surface area contributed by atoms with Crippen LogP contribution in [0.5, 0.6) is 5.75 Å². The number of carbonyl (C=O) groups is 1. The maximum atomic E-state index is 14.4. The lowest BCUT2D eigenvalue weighted by Gasteiger charge is -2.35. The van der Waals surface area contributed by atoms with Gasteiger partial charge in [-0.3, -0.25) is 9.69 Å². The van der Waals surface area contributed by atoms with Crippen LogP contribution in [0.1, 0.15) is 17.3 Å². The summed E-state index contributed by atoms with van der Waals surface area (Å²) in [6.45, 7) is 2.29.